The van der Waals surface area contributed by atoms with Gasteiger partial charge in [0.05, 0.1) is 25.6 Å². The van der Waals surface area contributed by atoms with Crippen LogP contribution >= 0.6 is 34.8 Å². The van der Waals surface area contributed by atoms with Gasteiger partial charge in [-0.05, 0) is 24.3 Å². The number of benzene rings is 2. The standard InChI is InChI=1S/C13H5Cl3F3NO2/c14-9-5-11(16)10(15)4-7(9)6-2-1-3-8(13(17,18)19)12(6)20(21)22/h1-5H. The SMILES string of the molecule is O=[N+]([O-])c1c(-c2cc(Cl)c(Cl)cc2Cl)cccc1C(F)(F)F. The molecule has 0 aliphatic rings. The molecule has 0 amide bonds. The molecular formula is C13H5Cl3F3NO2. The van der Waals surface area contributed by atoms with E-state index in [2.05, 4.69) is 0 Å². The van der Waals surface area contributed by atoms with Crippen LogP contribution in [0.3, 0.4) is 0 Å². The Balaban J connectivity index is 2.82. The number of nitrogens with zero attached hydrogens (tertiary/aromatic N) is 1. The summed E-state index contributed by atoms with van der Waals surface area (Å²) in [5.41, 5.74) is -2.75. The Morgan fingerprint density at radius 3 is 2.09 bits per heavy atom. The van der Waals surface area contributed by atoms with E-state index in [1.165, 1.54) is 18.2 Å². The van der Waals surface area contributed by atoms with Gasteiger partial charge in [0, 0.05) is 5.56 Å². The highest BCUT2D eigenvalue weighted by molar-refractivity contribution is 6.44. The molecule has 0 aliphatic carbocycles. The Bertz CT molecular complexity index is 763. The Hall–Kier alpha value is -1.50. The minimum atomic E-state index is -4.87. The zero-order chi connectivity index (χ0) is 16.7. The normalized spacial score (nSPS) is 11.5. The molecular weight excluding hydrogens is 366 g/mol. The average Bonchev–Trinajstić information content (AvgIpc) is 2.41. The smallest absolute Gasteiger partial charge is 0.258 e. The van der Waals surface area contributed by atoms with Gasteiger partial charge in [-0.25, -0.2) is 0 Å². The van der Waals surface area contributed by atoms with E-state index in [0.29, 0.717) is 6.07 Å². The Morgan fingerprint density at radius 2 is 1.55 bits per heavy atom. The summed E-state index contributed by atoms with van der Waals surface area (Å²) in [7, 11) is 0. The van der Waals surface area contributed by atoms with Crippen LogP contribution < -0.4 is 0 Å². The second kappa shape index (κ2) is 5.95. The van der Waals surface area contributed by atoms with Crippen LogP contribution in [-0.4, -0.2) is 4.92 Å². The van der Waals surface area contributed by atoms with E-state index in [1.54, 1.807) is 0 Å². The zero-order valence-corrected chi connectivity index (χ0v) is 12.7. The van der Waals surface area contributed by atoms with Gasteiger partial charge >= 0.3 is 6.18 Å². The van der Waals surface area contributed by atoms with E-state index in [4.69, 9.17) is 34.8 Å². The fraction of sp³-hybridized carbons (Fsp3) is 0.0769. The van der Waals surface area contributed by atoms with Crippen molar-refractivity contribution < 1.29 is 18.1 Å². The molecule has 0 fully saturated rings. The average molecular weight is 371 g/mol. The van der Waals surface area contributed by atoms with Crippen molar-refractivity contribution in [3.63, 3.8) is 0 Å². The number of alkyl halides is 3. The van der Waals surface area contributed by atoms with Gasteiger partial charge in [-0.15, -0.1) is 0 Å². The highest BCUT2D eigenvalue weighted by Gasteiger charge is 2.40. The molecule has 0 radical (unpaired) electrons. The quantitative estimate of drug-likeness (QED) is 0.357. The molecule has 0 saturated carbocycles. The van der Waals surface area contributed by atoms with Crippen LogP contribution in [0, 0.1) is 10.1 Å². The molecule has 0 aliphatic heterocycles. The van der Waals surface area contributed by atoms with Crippen LogP contribution in [-0.2, 0) is 6.18 Å². The molecule has 0 aromatic heterocycles. The van der Waals surface area contributed by atoms with E-state index < -0.39 is 22.4 Å². The van der Waals surface area contributed by atoms with Gasteiger partial charge < -0.3 is 0 Å². The third kappa shape index (κ3) is 3.14. The Kier molecular flexibility index (Phi) is 4.56. The minimum absolute atomic E-state index is 0.00568. The lowest BCUT2D eigenvalue weighted by Crippen LogP contribution is -2.09. The van der Waals surface area contributed by atoms with Crippen molar-refractivity contribution in [2.45, 2.75) is 6.18 Å². The first-order valence-corrected chi connectivity index (χ1v) is 6.76. The maximum atomic E-state index is 13.0. The highest BCUT2D eigenvalue weighted by atomic mass is 35.5. The number of nitro groups is 1. The molecule has 2 aromatic rings. The number of para-hydroxylation sites is 1. The van der Waals surface area contributed by atoms with E-state index in [9.17, 15) is 23.3 Å². The van der Waals surface area contributed by atoms with Gasteiger partial charge in [-0.2, -0.15) is 13.2 Å². The Labute approximate surface area is 137 Å². The molecule has 116 valence electrons. The number of hydrogen-bond donors (Lipinski definition) is 0. The maximum absolute atomic E-state index is 13.0. The van der Waals surface area contributed by atoms with Crippen molar-refractivity contribution >= 4 is 40.5 Å². The summed E-state index contributed by atoms with van der Waals surface area (Å²) in [6.45, 7) is 0. The molecule has 3 nitrogen and oxygen atoms in total. The van der Waals surface area contributed by atoms with Gasteiger partial charge in [0.15, 0.2) is 0 Å². The largest absolute Gasteiger partial charge is 0.423 e. The molecule has 0 bridgehead atoms. The van der Waals surface area contributed by atoms with Crippen LogP contribution in [0.15, 0.2) is 30.3 Å². The van der Waals surface area contributed by atoms with E-state index in [1.807, 2.05) is 0 Å². The van der Waals surface area contributed by atoms with Crippen molar-refractivity contribution in [3.05, 3.63) is 61.1 Å². The molecule has 0 saturated heterocycles. The summed E-state index contributed by atoms with van der Waals surface area (Å²) in [5.74, 6) is 0. The summed E-state index contributed by atoms with van der Waals surface area (Å²) < 4.78 is 38.9. The van der Waals surface area contributed by atoms with Crippen LogP contribution in [0.5, 0.6) is 0 Å². The summed E-state index contributed by atoms with van der Waals surface area (Å²) in [6.07, 6.45) is -4.87. The van der Waals surface area contributed by atoms with E-state index in [0.717, 1.165) is 6.07 Å². The molecule has 0 heterocycles. The number of nitro benzene ring substituents is 1. The van der Waals surface area contributed by atoms with Crippen LogP contribution in [0.4, 0.5) is 18.9 Å². The number of halogens is 6. The lowest BCUT2D eigenvalue weighted by atomic mass is 10.00. The molecule has 2 rings (SSSR count). The fourth-order valence-corrected chi connectivity index (χ4v) is 2.56. The molecule has 0 atom stereocenters. The third-order valence-corrected chi connectivity index (χ3v) is 3.86. The first-order valence-electron chi connectivity index (χ1n) is 5.62. The van der Waals surface area contributed by atoms with Gasteiger partial charge in [0.1, 0.15) is 5.56 Å². The third-order valence-electron chi connectivity index (χ3n) is 2.82. The highest BCUT2D eigenvalue weighted by Crippen LogP contribution is 2.44. The van der Waals surface area contributed by atoms with Crippen molar-refractivity contribution in [3.8, 4) is 11.1 Å². The molecule has 0 spiro atoms. The second-order valence-corrected chi connectivity index (χ2v) is 5.42. The molecule has 0 N–H and O–H groups in total. The van der Waals surface area contributed by atoms with Crippen LogP contribution in [0.1, 0.15) is 5.56 Å². The van der Waals surface area contributed by atoms with Gasteiger partial charge in [0.25, 0.3) is 5.69 Å². The van der Waals surface area contributed by atoms with Gasteiger partial charge in [0.2, 0.25) is 0 Å². The second-order valence-electron chi connectivity index (χ2n) is 4.20. The fourth-order valence-electron chi connectivity index (χ4n) is 1.92. The maximum Gasteiger partial charge on any atom is 0.423 e. The summed E-state index contributed by atoms with van der Waals surface area (Å²) in [4.78, 5) is 10.0. The summed E-state index contributed by atoms with van der Waals surface area (Å²) in [6, 6.07) is 5.26. The molecule has 2 aromatic carbocycles. The lowest BCUT2D eigenvalue weighted by Gasteiger charge is -2.12. The lowest BCUT2D eigenvalue weighted by molar-refractivity contribution is -0.387. The number of rotatable bonds is 2. The monoisotopic (exact) mass is 369 g/mol. The van der Waals surface area contributed by atoms with Crippen LogP contribution in [0.25, 0.3) is 11.1 Å². The van der Waals surface area contributed by atoms with Gasteiger partial charge in [-0.1, -0.05) is 40.9 Å². The van der Waals surface area contributed by atoms with Crippen molar-refractivity contribution in [1.29, 1.82) is 0 Å². The van der Waals surface area contributed by atoms with Crippen molar-refractivity contribution in [2.75, 3.05) is 0 Å². The first kappa shape index (κ1) is 16.9. The van der Waals surface area contributed by atoms with E-state index in [-0.39, 0.29) is 26.2 Å². The zero-order valence-electron chi connectivity index (χ0n) is 10.4. The first-order chi connectivity index (χ1) is 10.1. The van der Waals surface area contributed by atoms with Gasteiger partial charge in [-0.3, -0.25) is 10.1 Å². The molecule has 0 unspecified atom stereocenters. The van der Waals surface area contributed by atoms with Crippen LogP contribution in [0.2, 0.25) is 15.1 Å². The molecule has 9 heteroatoms. The minimum Gasteiger partial charge on any atom is -0.258 e. The summed E-state index contributed by atoms with van der Waals surface area (Å²) in [5, 5.41) is 11.2. The topological polar surface area (TPSA) is 43.1 Å². The Morgan fingerprint density at radius 1 is 0.955 bits per heavy atom. The predicted molar refractivity (Wildman–Crippen MR) is 78.6 cm³/mol. The predicted octanol–water partition coefficient (Wildman–Crippen LogP) is 6.24. The number of hydrogen-bond acceptors (Lipinski definition) is 2. The molecule has 22 heavy (non-hydrogen) atoms. The van der Waals surface area contributed by atoms with E-state index >= 15 is 0 Å². The van der Waals surface area contributed by atoms with Crippen molar-refractivity contribution in [1.82, 2.24) is 0 Å². The summed E-state index contributed by atoms with van der Waals surface area (Å²) >= 11 is 17.5. The van der Waals surface area contributed by atoms with Crippen molar-refractivity contribution in [2.24, 2.45) is 0 Å².